The lowest BCUT2D eigenvalue weighted by Crippen LogP contribution is -2.26. The zero-order valence-corrected chi connectivity index (χ0v) is 11.0. The number of hydrogen-bond acceptors (Lipinski definition) is 2. The van der Waals surface area contributed by atoms with Crippen LogP contribution in [0.1, 0.15) is 43.6 Å². The smallest absolute Gasteiger partial charge is 0.267 e. The minimum Gasteiger partial charge on any atom is -0.397 e. The Hall–Kier alpha value is -1.45. The molecule has 17 heavy (non-hydrogen) atoms. The maximum atomic E-state index is 11.8. The Balaban J connectivity index is 2.28. The molecule has 0 fully saturated rings. The predicted molar refractivity (Wildman–Crippen MR) is 70.8 cm³/mol. The van der Waals surface area contributed by atoms with E-state index in [1.54, 1.807) is 16.8 Å². The molecule has 4 nitrogen and oxygen atoms in total. The highest BCUT2D eigenvalue weighted by Crippen LogP contribution is 2.09. The molecule has 3 N–H and O–H groups in total. The number of nitrogens with zero attached hydrogens (tertiary/aromatic N) is 1. The van der Waals surface area contributed by atoms with Crippen LogP contribution in [-0.4, -0.2) is 17.0 Å². The third kappa shape index (κ3) is 4.51. The van der Waals surface area contributed by atoms with Crippen LogP contribution in [0.25, 0.3) is 0 Å². The molecular weight excluding hydrogens is 214 g/mol. The van der Waals surface area contributed by atoms with Gasteiger partial charge in [-0.15, -0.1) is 0 Å². The molecule has 0 aliphatic carbocycles. The standard InChI is InChI=1S/C13H23N3O/c1-10(2)6-4-5-7-15-13(17)12-8-11(14)9-16(12)3/h8-10H,4-7,14H2,1-3H3,(H,15,17). The van der Waals surface area contributed by atoms with E-state index in [0.717, 1.165) is 25.3 Å². The van der Waals surface area contributed by atoms with Crippen molar-refractivity contribution >= 4 is 11.6 Å². The minimum atomic E-state index is -0.0475. The van der Waals surface area contributed by atoms with Gasteiger partial charge in [-0.25, -0.2) is 0 Å². The van der Waals surface area contributed by atoms with E-state index < -0.39 is 0 Å². The molecule has 1 aromatic heterocycles. The Kier molecular flexibility index (Phi) is 5.07. The number of hydrogen-bond donors (Lipinski definition) is 2. The quantitative estimate of drug-likeness (QED) is 0.745. The zero-order valence-electron chi connectivity index (χ0n) is 11.0. The summed E-state index contributed by atoms with van der Waals surface area (Å²) in [6.45, 7) is 5.16. The fourth-order valence-electron chi connectivity index (χ4n) is 1.79. The molecule has 1 heterocycles. The number of anilines is 1. The van der Waals surface area contributed by atoms with Crippen molar-refractivity contribution in [3.63, 3.8) is 0 Å². The summed E-state index contributed by atoms with van der Waals surface area (Å²) in [6.07, 6.45) is 5.15. The van der Waals surface area contributed by atoms with E-state index in [4.69, 9.17) is 5.73 Å². The minimum absolute atomic E-state index is 0.0475. The van der Waals surface area contributed by atoms with E-state index in [2.05, 4.69) is 19.2 Å². The van der Waals surface area contributed by atoms with Crippen LogP contribution in [0, 0.1) is 5.92 Å². The molecule has 1 rings (SSSR count). The van der Waals surface area contributed by atoms with Gasteiger partial charge in [0, 0.05) is 19.8 Å². The van der Waals surface area contributed by atoms with E-state index >= 15 is 0 Å². The molecular formula is C13H23N3O. The molecule has 0 bridgehead atoms. The molecule has 0 saturated heterocycles. The van der Waals surface area contributed by atoms with Crippen molar-refractivity contribution in [2.75, 3.05) is 12.3 Å². The van der Waals surface area contributed by atoms with Gasteiger partial charge in [0.15, 0.2) is 0 Å². The van der Waals surface area contributed by atoms with Gasteiger partial charge >= 0.3 is 0 Å². The van der Waals surface area contributed by atoms with Crippen LogP contribution in [0.3, 0.4) is 0 Å². The highest BCUT2D eigenvalue weighted by Gasteiger charge is 2.09. The summed E-state index contributed by atoms with van der Waals surface area (Å²) >= 11 is 0. The maximum Gasteiger partial charge on any atom is 0.267 e. The first-order valence-electron chi connectivity index (χ1n) is 6.20. The summed E-state index contributed by atoms with van der Waals surface area (Å²) in [7, 11) is 1.82. The van der Waals surface area contributed by atoms with Crippen molar-refractivity contribution in [1.82, 2.24) is 9.88 Å². The lowest BCUT2D eigenvalue weighted by Gasteiger charge is -2.07. The highest BCUT2D eigenvalue weighted by molar-refractivity contribution is 5.93. The molecule has 0 aliphatic heterocycles. The van der Waals surface area contributed by atoms with Gasteiger partial charge in [-0.1, -0.05) is 26.7 Å². The molecule has 0 aromatic carbocycles. The number of unbranched alkanes of at least 4 members (excludes halogenated alkanes) is 1. The van der Waals surface area contributed by atoms with Crippen LogP contribution in [0.5, 0.6) is 0 Å². The SMILES string of the molecule is CC(C)CCCCNC(=O)c1cc(N)cn1C. The van der Waals surface area contributed by atoms with Gasteiger partial charge in [0.1, 0.15) is 5.69 Å². The third-order valence-corrected chi connectivity index (χ3v) is 2.75. The number of carbonyl (C=O) groups is 1. The topological polar surface area (TPSA) is 60.1 Å². The first kappa shape index (κ1) is 13.6. The third-order valence-electron chi connectivity index (χ3n) is 2.75. The van der Waals surface area contributed by atoms with E-state index in [9.17, 15) is 4.79 Å². The number of rotatable bonds is 6. The fraction of sp³-hybridized carbons (Fsp3) is 0.615. The van der Waals surface area contributed by atoms with Gasteiger partial charge in [-0.05, 0) is 18.4 Å². The molecule has 0 aliphatic rings. The average molecular weight is 237 g/mol. The molecule has 0 unspecified atom stereocenters. The second-order valence-corrected chi connectivity index (χ2v) is 4.92. The van der Waals surface area contributed by atoms with E-state index in [0.29, 0.717) is 11.4 Å². The van der Waals surface area contributed by atoms with Gasteiger partial charge in [0.2, 0.25) is 0 Å². The molecule has 0 radical (unpaired) electrons. The molecule has 0 atom stereocenters. The zero-order chi connectivity index (χ0) is 12.8. The lowest BCUT2D eigenvalue weighted by molar-refractivity contribution is 0.0945. The number of carbonyl (C=O) groups excluding carboxylic acids is 1. The summed E-state index contributed by atoms with van der Waals surface area (Å²) in [5.41, 5.74) is 6.87. The van der Waals surface area contributed by atoms with E-state index in [1.807, 2.05) is 7.05 Å². The van der Waals surface area contributed by atoms with Gasteiger partial charge in [0.25, 0.3) is 5.91 Å². The largest absolute Gasteiger partial charge is 0.397 e. The molecule has 0 saturated carbocycles. The van der Waals surface area contributed by atoms with Gasteiger partial charge in [0.05, 0.1) is 5.69 Å². The Morgan fingerprint density at radius 3 is 2.71 bits per heavy atom. The summed E-state index contributed by atoms with van der Waals surface area (Å²) < 4.78 is 1.75. The summed E-state index contributed by atoms with van der Waals surface area (Å²) in [5, 5.41) is 2.91. The van der Waals surface area contributed by atoms with Gasteiger partial charge < -0.3 is 15.6 Å². The number of aryl methyl sites for hydroxylation is 1. The van der Waals surface area contributed by atoms with Crippen molar-refractivity contribution in [1.29, 1.82) is 0 Å². The fourth-order valence-corrected chi connectivity index (χ4v) is 1.79. The Bertz CT molecular complexity index is 369. The molecule has 0 spiro atoms. The number of amides is 1. The van der Waals surface area contributed by atoms with E-state index in [-0.39, 0.29) is 5.91 Å². The van der Waals surface area contributed by atoms with Crippen LogP contribution < -0.4 is 11.1 Å². The van der Waals surface area contributed by atoms with Crippen LogP contribution in [0.4, 0.5) is 5.69 Å². The highest BCUT2D eigenvalue weighted by atomic mass is 16.1. The van der Waals surface area contributed by atoms with Crippen LogP contribution in [0.2, 0.25) is 0 Å². The van der Waals surface area contributed by atoms with Crippen molar-refractivity contribution < 1.29 is 4.79 Å². The Labute approximate surface area is 103 Å². The molecule has 1 amide bonds. The predicted octanol–water partition coefficient (Wildman–Crippen LogP) is 2.16. The monoisotopic (exact) mass is 237 g/mol. The van der Waals surface area contributed by atoms with Crippen LogP contribution in [0.15, 0.2) is 12.3 Å². The average Bonchev–Trinajstić information content (AvgIpc) is 2.56. The first-order valence-corrected chi connectivity index (χ1v) is 6.20. The molecule has 96 valence electrons. The lowest BCUT2D eigenvalue weighted by atomic mass is 10.1. The van der Waals surface area contributed by atoms with Crippen LogP contribution in [-0.2, 0) is 7.05 Å². The summed E-state index contributed by atoms with van der Waals surface area (Å²) in [6, 6.07) is 1.70. The molecule has 4 heteroatoms. The summed E-state index contributed by atoms with van der Waals surface area (Å²) in [4.78, 5) is 11.8. The maximum absolute atomic E-state index is 11.8. The second kappa shape index (κ2) is 6.33. The number of nitrogens with two attached hydrogens (primary N) is 1. The van der Waals surface area contributed by atoms with Crippen molar-refractivity contribution in [3.05, 3.63) is 18.0 Å². The van der Waals surface area contributed by atoms with E-state index in [1.165, 1.54) is 6.42 Å². The number of nitrogens with one attached hydrogen (secondary N) is 1. The van der Waals surface area contributed by atoms with Crippen molar-refractivity contribution in [2.45, 2.75) is 33.1 Å². The Morgan fingerprint density at radius 2 is 2.18 bits per heavy atom. The number of aromatic nitrogens is 1. The summed E-state index contributed by atoms with van der Waals surface area (Å²) in [5.74, 6) is 0.687. The van der Waals surface area contributed by atoms with Gasteiger partial charge in [-0.2, -0.15) is 0 Å². The van der Waals surface area contributed by atoms with Gasteiger partial charge in [-0.3, -0.25) is 4.79 Å². The Morgan fingerprint density at radius 1 is 1.47 bits per heavy atom. The first-order chi connectivity index (χ1) is 8.00. The normalized spacial score (nSPS) is 10.8. The van der Waals surface area contributed by atoms with Crippen molar-refractivity contribution in [3.8, 4) is 0 Å². The van der Waals surface area contributed by atoms with Crippen LogP contribution >= 0.6 is 0 Å². The molecule has 1 aromatic rings. The van der Waals surface area contributed by atoms with Crippen molar-refractivity contribution in [2.24, 2.45) is 13.0 Å². The number of nitrogen functional groups attached to an aromatic ring is 1. The second-order valence-electron chi connectivity index (χ2n) is 4.92.